The van der Waals surface area contributed by atoms with Crippen molar-refractivity contribution in [2.45, 2.75) is 80.4 Å². The van der Waals surface area contributed by atoms with Crippen molar-refractivity contribution >= 4 is 34.6 Å². The summed E-state index contributed by atoms with van der Waals surface area (Å²) in [5, 5.41) is 15.2. The Labute approximate surface area is 241 Å². The number of aliphatic hydroxyl groups excluding tert-OH is 1. The number of likely N-dealkylation sites (tertiary alicyclic amines) is 1. The molecule has 3 atom stereocenters. The van der Waals surface area contributed by atoms with Crippen LogP contribution in [0.15, 0.2) is 82.1 Å². The molecule has 6 rings (SSSR count). The molecule has 0 bridgehead atoms. The Morgan fingerprint density at radius 3 is 2.67 bits per heavy atom. The summed E-state index contributed by atoms with van der Waals surface area (Å²) in [5.74, 6) is 0. The molecule has 1 aromatic heterocycles. The van der Waals surface area contributed by atoms with Gasteiger partial charge in [0.15, 0.2) is 5.58 Å². The topological polar surface area (TPSA) is 70.8 Å². The molecule has 4 aromatic rings. The number of anilines is 2. The molecule has 1 saturated carbocycles. The summed E-state index contributed by atoms with van der Waals surface area (Å²) in [4.78, 5) is 8.15. The van der Waals surface area contributed by atoms with Crippen LogP contribution in [0.5, 0.6) is 0 Å². The number of hydrogen-bond donors (Lipinski definition) is 2. The fraction of sp³-hybridized carbons (Fsp3) is 0.424. The van der Waals surface area contributed by atoms with Crippen molar-refractivity contribution in [3.05, 3.63) is 83.9 Å². The second-order valence-corrected chi connectivity index (χ2v) is 12.6. The summed E-state index contributed by atoms with van der Waals surface area (Å²) in [6.45, 7) is 3.58. The predicted molar refractivity (Wildman–Crippen MR) is 162 cm³/mol. The molecular formula is C33H39N3O3S. The van der Waals surface area contributed by atoms with Gasteiger partial charge in [0.05, 0.1) is 12.7 Å². The maximum absolute atomic E-state index is 11.5. The molecule has 2 unspecified atom stereocenters. The molecule has 3 aromatic carbocycles. The molecule has 6 nitrogen and oxygen atoms in total. The van der Waals surface area contributed by atoms with Crippen molar-refractivity contribution in [2.24, 2.45) is 0 Å². The van der Waals surface area contributed by atoms with Gasteiger partial charge in [-0.2, -0.15) is 4.98 Å². The zero-order chi connectivity index (χ0) is 27.3. The van der Waals surface area contributed by atoms with Gasteiger partial charge in [0.1, 0.15) is 11.7 Å². The highest BCUT2D eigenvalue weighted by molar-refractivity contribution is 8.00. The molecule has 40 heavy (non-hydrogen) atoms. The summed E-state index contributed by atoms with van der Waals surface area (Å²) < 4.78 is 12.5. The SMILES string of the molecule is Cc1ccccc1Nc1nc2ccc(CC(O)N3CC(Sc4ccccc4)C[C@H]3COC3CCCCC3)cc2o1. The molecule has 0 amide bonds. The third-order valence-corrected chi connectivity index (χ3v) is 9.40. The Kier molecular flexibility index (Phi) is 8.73. The van der Waals surface area contributed by atoms with E-state index in [1.165, 1.54) is 24.2 Å². The molecule has 2 fully saturated rings. The maximum atomic E-state index is 11.5. The Hall–Kier alpha value is -2.84. The van der Waals surface area contributed by atoms with E-state index in [-0.39, 0.29) is 6.04 Å². The number of hydrogen-bond acceptors (Lipinski definition) is 7. The average Bonchev–Trinajstić information content (AvgIpc) is 3.57. The number of oxazole rings is 1. The van der Waals surface area contributed by atoms with E-state index in [1.54, 1.807) is 0 Å². The van der Waals surface area contributed by atoms with Crippen LogP contribution in [0.4, 0.5) is 11.7 Å². The molecule has 2 heterocycles. The van der Waals surface area contributed by atoms with Gasteiger partial charge in [-0.15, -0.1) is 11.8 Å². The zero-order valence-electron chi connectivity index (χ0n) is 23.2. The summed E-state index contributed by atoms with van der Waals surface area (Å²) >= 11 is 1.91. The van der Waals surface area contributed by atoms with E-state index in [0.717, 1.165) is 53.7 Å². The van der Waals surface area contributed by atoms with Gasteiger partial charge in [-0.05, 0) is 67.6 Å². The predicted octanol–water partition coefficient (Wildman–Crippen LogP) is 7.33. The molecule has 2 aliphatic rings. The molecule has 7 heteroatoms. The van der Waals surface area contributed by atoms with Crippen molar-refractivity contribution in [2.75, 3.05) is 18.5 Å². The van der Waals surface area contributed by atoms with E-state index in [2.05, 4.69) is 58.5 Å². The van der Waals surface area contributed by atoms with Crippen LogP contribution in [0.25, 0.3) is 11.1 Å². The summed E-state index contributed by atoms with van der Waals surface area (Å²) in [6, 6.07) is 25.4. The van der Waals surface area contributed by atoms with E-state index in [1.807, 2.05) is 48.2 Å². The second-order valence-electron chi connectivity index (χ2n) is 11.2. The van der Waals surface area contributed by atoms with E-state index >= 15 is 0 Å². The lowest BCUT2D eigenvalue weighted by molar-refractivity contribution is -0.0506. The number of nitrogens with one attached hydrogen (secondary N) is 1. The Bertz CT molecular complexity index is 1390. The quantitative estimate of drug-likeness (QED) is 0.212. The van der Waals surface area contributed by atoms with Gasteiger partial charge < -0.3 is 19.6 Å². The fourth-order valence-corrected chi connectivity index (χ4v) is 7.25. The van der Waals surface area contributed by atoms with Crippen molar-refractivity contribution in [1.29, 1.82) is 0 Å². The Morgan fingerprint density at radius 1 is 1.05 bits per heavy atom. The number of benzene rings is 3. The lowest BCUT2D eigenvalue weighted by Crippen LogP contribution is -2.43. The van der Waals surface area contributed by atoms with Gasteiger partial charge >= 0.3 is 0 Å². The minimum Gasteiger partial charge on any atom is -0.423 e. The first-order valence-corrected chi connectivity index (χ1v) is 15.5. The van der Waals surface area contributed by atoms with Crippen molar-refractivity contribution in [3.63, 3.8) is 0 Å². The van der Waals surface area contributed by atoms with Gasteiger partial charge in [-0.25, -0.2) is 0 Å². The fourth-order valence-electron chi connectivity index (χ4n) is 5.99. The van der Waals surface area contributed by atoms with Gasteiger partial charge in [0, 0.05) is 34.8 Å². The van der Waals surface area contributed by atoms with Crippen LogP contribution in [-0.2, 0) is 11.2 Å². The average molecular weight is 558 g/mol. The van der Waals surface area contributed by atoms with E-state index < -0.39 is 6.23 Å². The summed E-state index contributed by atoms with van der Waals surface area (Å²) in [6.07, 6.45) is 7.49. The van der Waals surface area contributed by atoms with Crippen LogP contribution < -0.4 is 5.32 Å². The molecular weight excluding hydrogens is 518 g/mol. The smallest absolute Gasteiger partial charge is 0.300 e. The summed E-state index contributed by atoms with van der Waals surface area (Å²) in [5.41, 5.74) is 4.66. The van der Waals surface area contributed by atoms with Crippen LogP contribution in [0.1, 0.15) is 49.7 Å². The third kappa shape index (κ3) is 6.72. The van der Waals surface area contributed by atoms with E-state index in [0.29, 0.717) is 30.4 Å². The van der Waals surface area contributed by atoms with E-state index in [9.17, 15) is 5.11 Å². The molecule has 0 radical (unpaired) electrons. The van der Waals surface area contributed by atoms with Gasteiger partial charge in [-0.3, -0.25) is 4.90 Å². The van der Waals surface area contributed by atoms with Crippen LogP contribution in [0.2, 0.25) is 0 Å². The minimum atomic E-state index is -0.591. The number of para-hydroxylation sites is 1. The number of nitrogens with zero attached hydrogens (tertiary/aromatic N) is 2. The molecule has 2 N–H and O–H groups in total. The number of aliphatic hydroxyl groups is 1. The highest BCUT2D eigenvalue weighted by Gasteiger charge is 2.37. The largest absolute Gasteiger partial charge is 0.423 e. The number of fused-ring (bicyclic) bond motifs is 1. The van der Waals surface area contributed by atoms with Gasteiger partial charge in [-0.1, -0.05) is 61.7 Å². The highest BCUT2D eigenvalue weighted by Crippen LogP contribution is 2.35. The van der Waals surface area contributed by atoms with Crippen molar-refractivity contribution in [1.82, 2.24) is 9.88 Å². The monoisotopic (exact) mass is 557 g/mol. The maximum Gasteiger partial charge on any atom is 0.300 e. The second kappa shape index (κ2) is 12.8. The normalized spacial score (nSPS) is 21.1. The number of ether oxygens (including phenoxy) is 1. The molecule has 1 saturated heterocycles. The zero-order valence-corrected chi connectivity index (χ0v) is 24.0. The number of aryl methyl sites for hydroxylation is 1. The number of aromatic nitrogens is 1. The molecule has 0 spiro atoms. The summed E-state index contributed by atoms with van der Waals surface area (Å²) in [7, 11) is 0. The first kappa shape index (κ1) is 27.3. The van der Waals surface area contributed by atoms with Gasteiger partial charge in [0.2, 0.25) is 0 Å². The lowest BCUT2D eigenvalue weighted by Gasteiger charge is -2.31. The first-order chi connectivity index (χ1) is 19.6. The molecule has 1 aliphatic carbocycles. The van der Waals surface area contributed by atoms with Gasteiger partial charge in [0.25, 0.3) is 6.01 Å². The minimum absolute atomic E-state index is 0.206. The van der Waals surface area contributed by atoms with Crippen LogP contribution in [0, 0.1) is 6.92 Å². The lowest BCUT2D eigenvalue weighted by atomic mass is 9.98. The third-order valence-electron chi connectivity index (χ3n) is 8.18. The Morgan fingerprint density at radius 2 is 1.85 bits per heavy atom. The van der Waals surface area contributed by atoms with Crippen LogP contribution in [0.3, 0.4) is 0 Å². The highest BCUT2D eigenvalue weighted by atomic mass is 32.2. The Balaban J connectivity index is 1.13. The number of thioether (sulfide) groups is 1. The van der Waals surface area contributed by atoms with E-state index in [4.69, 9.17) is 9.15 Å². The molecule has 210 valence electrons. The number of rotatable bonds is 10. The first-order valence-electron chi connectivity index (χ1n) is 14.6. The molecule has 1 aliphatic heterocycles. The van der Waals surface area contributed by atoms with Crippen LogP contribution >= 0.6 is 11.8 Å². The van der Waals surface area contributed by atoms with Crippen molar-refractivity contribution in [3.8, 4) is 0 Å². The van der Waals surface area contributed by atoms with Crippen LogP contribution in [-0.4, -0.2) is 51.8 Å². The standard InChI is InChI=1S/C33H39N3O3S/c1-23-10-8-9-15-29(23)34-33-35-30-17-16-24(18-31(30)39-33)19-32(37)36-21-28(40-27-13-6-3-7-14-27)20-25(36)22-38-26-11-4-2-5-12-26/h3,6-10,13-18,25-26,28,32,37H,2,4-5,11-12,19-22H2,1H3,(H,34,35)/t25-,28?,32?/m0/s1. The van der Waals surface area contributed by atoms with Crippen molar-refractivity contribution < 1.29 is 14.3 Å².